The molecule has 1 aromatic carbocycles. The zero-order valence-corrected chi connectivity index (χ0v) is 14.2. The Morgan fingerprint density at radius 3 is 2.61 bits per heavy atom. The van der Waals surface area contributed by atoms with Crippen molar-refractivity contribution in [2.75, 3.05) is 26.3 Å². The first-order valence-electron chi connectivity index (χ1n) is 8.48. The lowest BCUT2D eigenvalue weighted by molar-refractivity contribution is 0.0519. The van der Waals surface area contributed by atoms with Crippen molar-refractivity contribution >= 4 is 6.03 Å². The molecule has 1 aliphatic rings. The van der Waals surface area contributed by atoms with Gasteiger partial charge in [-0.2, -0.15) is 0 Å². The molecule has 0 spiro atoms. The summed E-state index contributed by atoms with van der Waals surface area (Å²) in [7, 11) is 0. The highest BCUT2D eigenvalue weighted by Gasteiger charge is 2.33. The van der Waals surface area contributed by atoms with Crippen LogP contribution in [-0.4, -0.2) is 42.3 Å². The van der Waals surface area contributed by atoms with Crippen LogP contribution in [0.15, 0.2) is 24.3 Å². The molecule has 1 saturated heterocycles. The third-order valence-electron chi connectivity index (χ3n) is 4.90. The van der Waals surface area contributed by atoms with Crippen molar-refractivity contribution in [3.05, 3.63) is 29.8 Å². The van der Waals surface area contributed by atoms with Gasteiger partial charge in [-0.3, -0.25) is 0 Å². The molecule has 1 fully saturated rings. The Morgan fingerprint density at radius 1 is 1.30 bits per heavy atom. The van der Waals surface area contributed by atoms with Gasteiger partial charge >= 0.3 is 6.03 Å². The lowest BCUT2D eigenvalue weighted by atomic mass is 9.77. The Bertz CT molecular complexity index is 505. The number of carbonyl (C=O) groups is 1. The van der Waals surface area contributed by atoms with Crippen molar-refractivity contribution in [3.8, 4) is 5.75 Å². The van der Waals surface area contributed by atoms with Crippen molar-refractivity contribution in [1.82, 2.24) is 10.2 Å². The van der Waals surface area contributed by atoms with Gasteiger partial charge in [-0.05, 0) is 37.7 Å². The predicted octanol–water partition coefficient (Wildman–Crippen LogP) is 2.78. The number of carbonyl (C=O) groups excluding carboxylic acids is 1. The topological polar surface area (TPSA) is 61.8 Å². The molecule has 0 bridgehead atoms. The second-order valence-corrected chi connectivity index (χ2v) is 6.20. The molecular formula is C18H28N2O3. The van der Waals surface area contributed by atoms with Gasteiger partial charge in [-0.15, -0.1) is 0 Å². The lowest BCUT2D eigenvalue weighted by Crippen LogP contribution is -2.48. The number of hydrogen-bond donors (Lipinski definition) is 2. The Morgan fingerprint density at radius 2 is 2.00 bits per heavy atom. The van der Waals surface area contributed by atoms with E-state index in [0.717, 1.165) is 30.6 Å². The molecule has 0 aromatic heterocycles. The first kappa shape index (κ1) is 17.6. The number of para-hydroxylation sites is 1. The lowest BCUT2D eigenvalue weighted by Gasteiger charge is -2.40. The van der Waals surface area contributed by atoms with E-state index in [4.69, 9.17) is 4.74 Å². The number of amides is 2. The summed E-state index contributed by atoms with van der Waals surface area (Å²) in [6, 6.07) is 7.72. The summed E-state index contributed by atoms with van der Waals surface area (Å²) in [5.74, 6) is 0.819. The minimum atomic E-state index is -0.0426. The molecule has 2 rings (SSSR count). The third-order valence-corrected chi connectivity index (χ3v) is 4.90. The Hall–Kier alpha value is -1.75. The highest BCUT2D eigenvalue weighted by Crippen LogP contribution is 2.34. The van der Waals surface area contributed by atoms with Crippen molar-refractivity contribution in [3.63, 3.8) is 0 Å². The smallest absolute Gasteiger partial charge is 0.317 e. The molecule has 0 radical (unpaired) electrons. The van der Waals surface area contributed by atoms with E-state index < -0.39 is 0 Å². The van der Waals surface area contributed by atoms with E-state index in [2.05, 4.69) is 12.2 Å². The molecule has 0 unspecified atom stereocenters. The Labute approximate surface area is 138 Å². The maximum atomic E-state index is 12.3. The number of hydrogen-bond acceptors (Lipinski definition) is 3. The average Bonchev–Trinajstić information content (AvgIpc) is 2.61. The molecular weight excluding hydrogens is 292 g/mol. The number of piperidine rings is 1. The van der Waals surface area contributed by atoms with Crippen LogP contribution in [0.25, 0.3) is 0 Å². The summed E-state index contributed by atoms with van der Waals surface area (Å²) in [5.41, 5.74) is 0.983. The molecule has 0 atom stereocenters. The van der Waals surface area contributed by atoms with E-state index in [1.54, 1.807) is 0 Å². The SMILES string of the molecule is CCOc1ccccc1CNC(=O)N1CCC(CC)(CO)CC1. The minimum Gasteiger partial charge on any atom is -0.494 e. The number of benzene rings is 1. The second kappa shape index (κ2) is 8.20. The molecule has 23 heavy (non-hydrogen) atoms. The predicted molar refractivity (Wildman–Crippen MR) is 90.5 cm³/mol. The van der Waals surface area contributed by atoms with Gasteiger partial charge in [-0.25, -0.2) is 4.79 Å². The number of aliphatic hydroxyl groups excluding tert-OH is 1. The van der Waals surface area contributed by atoms with Gasteiger partial charge in [0.15, 0.2) is 0 Å². The van der Waals surface area contributed by atoms with Gasteiger partial charge in [0.25, 0.3) is 0 Å². The summed E-state index contributed by atoms with van der Waals surface area (Å²) < 4.78 is 5.58. The first-order valence-corrected chi connectivity index (χ1v) is 8.48. The maximum absolute atomic E-state index is 12.3. The molecule has 0 saturated carbocycles. The van der Waals surface area contributed by atoms with E-state index in [1.165, 1.54) is 0 Å². The van der Waals surface area contributed by atoms with Crippen molar-refractivity contribution in [2.45, 2.75) is 39.7 Å². The van der Waals surface area contributed by atoms with Gasteiger partial charge in [-0.1, -0.05) is 25.1 Å². The van der Waals surface area contributed by atoms with Gasteiger partial charge in [0, 0.05) is 31.8 Å². The largest absolute Gasteiger partial charge is 0.494 e. The van der Waals surface area contributed by atoms with Crippen molar-refractivity contribution in [1.29, 1.82) is 0 Å². The summed E-state index contributed by atoms with van der Waals surface area (Å²) in [4.78, 5) is 14.2. The molecule has 1 aliphatic heterocycles. The van der Waals surface area contributed by atoms with Crippen LogP contribution in [0.4, 0.5) is 4.79 Å². The van der Waals surface area contributed by atoms with Crippen molar-refractivity contribution in [2.24, 2.45) is 5.41 Å². The Balaban J connectivity index is 1.87. The minimum absolute atomic E-state index is 0.00164. The molecule has 128 valence electrons. The van der Waals surface area contributed by atoms with Crippen LogP contribution in [0.1, 0.15) is 38.7 Å². The molecule has 5 heteroatoms. The van der Waals surface area contributed by atoms with E-state index in [1.807, 2.05) is 36.1 Å². The van der Waals surface area contributed by atoms with E-state index >= 15 is 0 Å². The van der Waals surface area contributed by atoms with Gasteiger partial charge in [0.1, 0.15) is 5.75 Å². The van der Waals surface area contributed by atoms with Gasteiger partial charge in [0.05, 0.1) is 6.61 Å². The highest BCUT2D eigenvalue weighted by atomic mass is 16.5. The maximum Gasteiger partial charge on any atom is 0.317 e. The number of nitrogens with zero attached hydrogens (tertiary/aromatic N) is 1. The zero-order valence-electron chi connectivity index (χ0n) is 14.2. The van der Waals surface area contributed by atoms with Gasteiger partial charge < -0.3 is 20.1 Å². The van der Waals surface area contributed by atoms with Gasteiger partial charge in [0.2, 0.25) is 0 Å². The first-order chi connectivity index (χ1) is 11.1. The number of likely N-dealkylation sites (tertiary alicyclic amines) is 1. The van der Waals surface area contributed by atoms with Crippen LogP contribution in [-0.2, 0) is 6.54 Å². The third kappa shape index (κ3) is 4.38. The van der Waals surface area contributed by atoms with E-state index in [0.29, 0.717) is 26.2 Å². The van der Waals surface area contributed by atoms with E-state index in [-0.39, 0.29) is 18.1 Å². The zero-order chi connectivity index (χ0) is 16.7. The van der Waals surface area contributed by atoms with Crippen LogP contribution in [0.5, 0.6) is 5.75 Å². The second-order valence-electron chi connectivity index (χ2n) is 6.20. The quantitative estimate of drug-likeness (QED) is 0.847. The van der Waals surface area contributed by atoms with Crippen LogP contribution in [0.3, 0.4) is 0 Å². The molecule has 2 N–H and O–H groups in total. The fourth-order valence-electron chi connectivity index (χ4n) is 3.04. The molecule has 1 aromatic rings. The Kier molecular flexibility index (Phi) is 6.28. The number of urea groups is 1. The molecule has 2 amide bonds. The number of ether oxygens (including phenoxy) is 1. The number of aliphatic hydroxyl groups is 1. The highest BCUT2D eigenvalue weighted by molar-refractivity contribution is 5.74. The summed E-state index contributed by atoms with van der Waals surface area (Å²) in [6.45, 7) is 6.74. The fourth-order valence-corrected chi connectivity index (χ4v) is 3.04. The standard InChI is InChI=1S/C18H28N2O3/c1-3-18(14-21)9-11-20(12-10-18)17(22)19-13-15-7-5-6-8-16(15)23-4-2/h5-8,21H,3-4,9-14H2,1-2H3,(H,19,22). The van der Waals surface area contributed by atoms with Crippen LogP contribution >= 0.6 is 0 Å². The van der Waals surface area contributed by atoms with Crippen LogP contribution < -0.4 is 10.1 Å². The summed E-state index contributed by atoms with van der Waals surface area (Å²) in [6.07, 6.45) is 2.69. The number of rotatable bonds is 6. The monoisotopic (exact) mass is 320 g/mol. The van der Waals surface area contributed by atoms with Crippen molar-refractivity contribution < 1.29 is 14.6 Å². The van der Waals surface area contributed by atoms with Crippen LogP contribution in [0, 0.1) is 5.41 Å². The fraction of sp³-hybridized carbons (Fsp3) is 0.611. The molecule has 1 heterocycles. The molecule has 5 nitrogen and oxygen atoms in total. The number of nitrogens with one attached hydrogen (secondary N) is 1. The molecule has 0 aliphatic carbocycles. The summed E-state index contributed by atoms with van der Waals surface area (Å²) in [5, 5.41) is 12.5. The summed E-state index contributed by atoms with van der Waals surface area (Å²) >= 11 is 0. The van der Waals surface area contributed by atoms with Crippen LogP contribution in [0.2, 0.25) is 0 Å². The van der Waals surface area contributed by atoms with E-state index in [9.17, 15) is 9.90 Å². The average molecular weight is 320 g/mol. The normalized spacial score (nSPS) is 16.9.